The lowest BCUT2D eigenvalue weighted by molar-refractivity contribution is 0.0742. The van der Waals surface area contributed by atoms with Crippen LogP contribution in [0.5, 0.6) is 0 Å². The molecule has 3 aromatic rings. The zero-order valence-electron chi connectivity index (χ0n) is 21.4. The van der Waals surface area contributed by atoms with Gasteiger partial charge in [-0.05, 0) is 66.5 Å². The Bertz CT molecular complexity index is 1420. The van der Waals surface area contributed by atoms with Gasteiger partial charge in [0.15, 0.2) is 0 Å². The number of hydrogen-bond acceptors (Lipinski definition) is 3. The molecule has 188 valence electrons. The van der Waals surface area contributed by atoms with Gasteiger partial charge in [-0.3, -0.25) is 14.7 Å². The van der Waals surface area contributed by atoms with Crippen molar-refractivity contribution in [3.63, 3.8) is 0 Å². The standard InChI is InChI=1S/C31H32N4O2/c1-4-27(19-9-11-20(12-10-19)29(36)32-23-7-5-6-8-23)35-18-22-15-21(13-14-24(22)30(35)37)28-25-16-31(2,3)17-26(25)33-34-28/h1,9-15,23,27H,5-8,16-18H2,2-3H3,(H,32,36)(H,33,34)/t27-/m1/s1. The summed E-state index contributed by atoms with van der Waals surface area (Å²) in [7, 11) is 0. The topological polar surface area (TPSA) is 78.1 Å². The van der Waals surface area contributed by atoms with Gasteiger partial charge in [0.05, 0.1) is 5.69 Å². The number of rotatable bonds is 5. The summed E-state index contributed by atoms with van der Waals surface area (Å²) in [5.74, 6) is 2.68. The minimum Gasteiger partial charge on any atom is -0.349 e. The van der Waals surface area contributed by atoms with E-state index in [1.54, 1.807) is 17.0 Å². The number of nitrogens with one attached hydrogen (secondary N) is 2. The van der Waals surface area contributed by atoms with E-state index in [4.69, 9.17) is 6.42 Å². The second kappa shape index (κ2) is 8.92. The van der Waals surface area contributed by atoms with Crippen LogP contribution in [0.15, 0.2) is 42.5 Å². The predicted octanol–water partition coefficient (Wildman–Crippen LogP) is 5.20. The highest BCUT2D eigenvalue weighted by Crippen LogP contribution is 2.41. The van der Waals surface area contributed by atoms with Crippen LogP contribution in [-0.4, -0.2) is 33.0 Å². The molecule has 3 aliphatic rings. The molecule has 6 heteroatoms. The average Bonchev–Trinajstić information content (AvgIpc) is 3.65. The van der Waals surface area contributed by atoms with Crippen molar-refractivity contribution >= 4 is 11.8 Å². The Morgan fingerprint density at radius 1 is 1.16 bits per heavy atom. The lowest BCUT2D eigenvalue weighted by Gasteiger charge is -2.24. The Morgan fingerprint density at radius 3 is 2.65 bits per heavy atom. The lowest BCUT2D eigenvalue weighted by atomic mass is 9.90. The molecule has 1 atom stereocenters. The molecule has 6 rings (SSSR count). The normalized spacial score (nSPS) is 18.9. The summed E-state index contributed by atoms with van der Waals surface area (Å²) in [4.78, 5) is 27.7. The van der Waals surface area contributed by atoms with Gasteiger partial charge in [0.25, 0.3) is 11.8 Å². The maximum absolute atomic E-state index is 13.4. The van der Waals surface area contributed by atoms with Crippen LogP contribution < -0.4 is 5.32 Å². The first-order chi connectivity index (χ1) is 17.8. The molecule has 0 bridgehead atoms. The minimum atomic E-state index is -0.509. The quantitative estimate of drug-likeness (QED) is 0.481. The smallest absolute Gasteiger partial charge is 0.255 e. The van der Waals surface area contributed by atoms with Crippen LogP contribution in [0.2, 0.25) is 0 Å². The fraction of sp³-hybridized carbons (Fsp3) is 0.387. The van der Waals surface area contributed by atoms with Crippen molar-refractivity contribution in [3.8, 4) is 23.6 Å². The van der Waals surface area contributed by atoms with Crippen molar-refractivity contribution in [3.05, 3.63) is 76.0 Å². The SMILES string of the molecule is C#C[C@H](c1ccc(C(=O)NC2CCCC2)cc1)N1Cc2cc(-c3n[nH]c4c3CC(C)(C)C4)ccc2C1=O. The number of amides is 2. The van der Waals surface area contributed by atoms with E-state index in [0.717, 1.165) is 48.1 Å². The van der Waals surface area contributed by atoms with E-state index < -0.39 is 6.04 Å². The van der Waals surface area contributed by atoms with E-state index in [-0.39, 0.29) is 23.3 Å². The number of carbonyl (C=O) groups excluding carboxylic acids is 2. The summed E-state index contributed by atoms with van der Waals surface area (Å²) in [5, 5.41) is 10.9. The molecule has 1 aliphatic heterocycles. The molecular weight excluding hydrogens is 460 g/mol. The van der Waals surface area contributed by atoms with Gasteiger partial charge < -0.3 is 10.2 Å². The maximum Gasteiger partial charge on any atom is 0.255 e. The van der Waals surface area contributed by atoms with Crippen LogP contribution in [0.25, 0.3) is 11.3 Å². The molecule has 2 aromatic carbocycles. The molecule has 2 aliphatic carbocycles. The Morgan fingerprint density at radius 2 is 1.92 bits per heavy atom. The van der Waals surface area contributed by atoms with Crippen LogP contribution in [-0.2, 0) is 19.4 Å². The van der Waals surface area contributed by atoms with Gasteiger partial charge in [-0.15, -0.1) is 6.42 Å². The van der Waals surface area contributed by atoms with Crippen molar-refractivity contribution in [2.24, 2.45) is 5.41 Å². The molecule has 2 heterocycles. The van der Waals surface area contributed by atoms with Crippen molar-refractivity contribution in [2.75, 3.05) is 0 Å². The Balaban J connectivity index is 1.21. The van der Waals surface area contributed by atoms with E-state index in [9.17, 15) is 9.59 Å². The molecule has 1 saturated carbocycles. The summed E-state index contributed by atoms with van der Waals surface area (Å²) in [6, 6.07) is 13.1. The van der Waals surface area contributed by atoms with Crippen LogP contribution in [0.4, 0.5) is 0 Å². The third-order valence-corrected chi connectivity index (χ3v) is 8.12. The first-order valence-electron chi connectivity index (χ1n) is 13.2. The minimum absolute atomic E-state index is 0.0545. The number of aromatic nitrogens is 2. The summed E-state index contributed by atoms with van der Waals surface area (Å²) in [5.41, 5.74) is 7.82. The number of H-pyrrole nitrogens is 1. The molecule has 0 unspecified atom stereocenters. The Kier molecular flexibility index (Phi) is 5.67. The summed E-state index contributed by atoms with van der Waals surface area (Å²) >= 11 is 0. The number of terminal acetylenes is 1. The number of fused-ring (bicyclic) bond motifs is 2. The predicted molar refractivity (Wildman–Crippen MR) is 143 cm³/mol. The van der Waals surface area contributed by atoms with Crippen LogP contribution in [0.1, 0.15) is 88.7 Å². The largest absolute Gasteiger partial charge is 0.349 e. The lowest BCUT2D eigenvalue weighted by Crippen LogP contribution is -2.32. The van der Waals surface area contributed by atoms with Crippen LogP contribution in [0, 0.1) is 17.8 Å². The van der Waals surface area contributed by atoms with Gasteiger partial charge >= 0.3 is 0 Å². The first kappa shape index (κ1) is 23.5. The van der Waals surface area contributed by atoms with Crippen molar-refractivity contribution in [1.82, 2.24) is 20.4 Å². The van der Waals surface area contributed by atoms with E-state index in [1.807, 2.05) is 24.3 Å². The van der Waals surface area contributed by atoms with Gasteiger partial charge in [-0.2, -0.15) is 5.10 Å². The van der Waals surface area contributed by atoms with Gasteiger partial charge in [0, 0.05) is 40.5 Å². The van der Waals surface area contributed by atoms with Gasteiger partial charge in [0.1, 0.15) is 6.04 Å². The van der Waals surface area contributed by atoms with Crippen molar-refractivity contribution in [1.29, 1.82) is 0 Å². The fourth-order valence-electron chi connectivity index (χ4n) is 6.22. The zero-order chi connectivity index (χ0) is 25.7. The van der Waals surface area contributed by atoms with Crippen molar-refractivity contribution in [2.45, 2.75) is 71.0 Å². The molecule has 37 heavy (non-hydrogen) atoms. The van der Waals surface area contributed by atoms with Gasteiger partial charge in [0.2, 0.25) is 0 Å². The molecule has 2 amide bonds. The highest BCUT2D eigenvalue weighted by atomic mass is 16.2. The Hall–Kier alpha value is -3.85. The summed E-state index contributed by atoms with van der Waals surface area (Å²) in [6.45, 7) is 5.00. The highest BCUT2D eigenvalue weighted by Gasteiger charge is 2.35. The van der Waals surface area contributed by atoms with Crippen LogP contribution in [0.3, 0.4) is 0 Å². The van der Waals surface area contributed by atoms with E-state index in [1.165, 1.54) is 24.1 Å². The fourth-order valence-corrected chi connectivity index (χ4v) is 6.22. The third-order valence-electron chi connectivity index (χ3n) is 8.12. The molecule has 1 aromatic heterocycles. The molecule has 6 nitrogen and oxygen atoms in total. The van der Waals surface area contributed by atoms with Gasteiger partial charge in [-0.1, -0.05) is 50.8 Å². The monoisotopic (exact) mass is 492 g/mol. The summed E-state index contributed by atoms with van der Waals surface area (Å²) in [6.07, 6.45) is 12.4. The number of benzene rings is 2. The average molecular weight is 493 g/mol. The summed E-state index contributed by atoms with van der Waals surface area (Å²) < 4.78 is 0. The second-order valence-electron chi connectivity index (χ2n) is 11.5. The van der Waals surface area contributed by atoms with Gasteiger partial charge in [-0.25, -0.2) is 0 Å². The number of hydrogen-bond donors (Lipinski definition) is 2. The third kappa shape index (κ3) is 4.23. The molecular formula is C31H32N4O2. The van der Waals surface area contributed by atoms with Crippen molar-refractivity contribution < 1.29 is 9.59 Å². The number of carbonyl (C=O) groups is 2. The molecule has 2 N–H and O–H groups in total. The molecule has 1 fully saturated rings. The number of nitrogens with zero attached hydrogens (tertiary/aromatic N) is 2. The highest BCUT2D eigenvalue weighted by molar-refractivity contribution is 5.99. The second-order valence-corrected chi connectivity index (χ2v) is 11.5. The first-order valence-corrected chi connectivity index (χ1v) is 13.2. The number of aromatic amines is 1. The van der Waals surface area contributed by atoms with E-state index in [0.29, 0.717) is 17.7 Å². The maximum atomic E-state index is 13.4. The molecule has 0 spiro atoms. The van der Waals surface area contributed by atoms with Crippen LogP contribution >= 0.6 is 0 Å². The zero-order valence-corrected chi connectivity index (χ0v) is 21.4. The van der Waals surface area contributed by atoms with E-state index >= 15 is 0 Å². The molecule has 0 radical (unpaired) electrons. The molecule has 0 saturated heterocycles. The van der Waals surface area contributed by atoms with E-state index in [2.05, 4.69) is 41.3 Å². The Labute approximate surface area is 217 Å².